The SMILES string of the molecule is COc1ccc(C(C)(C)C)cc1NC(=O)Nc1ccc(-c2ccnc(C)c2)cc1. The number of anilines is 2. The number of urea groups is 1. The van der Waals surface area contributed by atoms with E-state index in [1.807, 2.05) is 61.5 Å². The number of benzene rings is 2. The summed E-state index contributed by atoms with van der Waals surface area (Å²) < 4.78 is 5.39. The summed E-state index contributed by atoms with van der Waals surface area (Å²) in [5.41, 5.74) is 5.57. The fourth-order valence-corrected chi connectivity index (χ4v) is 3.03. The number of nitrogens with zero attached hydrogens (tertiary/aromatic N) is 1. The van der Waals surface area contributed by atoms with Crippen LogP contribution in [-0.4, -0.2) is 18.1 Å². The van der Waals surface area contributed by atoms with Crippen LogP contribution in [0.1, 0.15) is 32.0 Å². The summed E-state index contributed by atoms with van der Waals surface area (Å²) in [5.74, 6) is 0.622. The predicted molar refractivity (Wildman–Crippen MR) is 119 cm³/mol. The van der Waals surface area contributed by atoms with E-state index in [1.165, 1.54) is 0 Å². The lowest BCUT2D eigenvalue weighted by Crippen LogP contribution is -2.20. The summed E-state index contributed by atoms with van der Waals surface area (Å²) in [6, 6.07) is 17.2. The van der Waals surface area contributed by atoms with Crippen molar-refractivity contribution in [2.24, 2.45) is 0 Å². The monoisotopic (exact) mass is 389 g/mol. The molecule has 0 aliphatic heterocycles. The van der Waals surface area contributed by atoms with Gasteiger partial charge in [0.25, 0.3) is 0 Å². The fourth-order valence-electron chi connectivity index (χ4n) is 3.03. The van der Waals surface area contributed by atoms with Gasteiger partial charge in [0.15, 0.2) is 0 Å². The summed E-state index contributed by atoms with van der Waals surface area (Å²) in [6.07, 6.45) is 1.80. The first-order valence-electron chi connectivity index (χ1n) is 9.56. The average Bonchev–Trinajstić information content (AvgIpc) is 2.67. The third-order valence-corrected chi connectivity index (χ3v) is 4.69. The summed E-state index contributed by atoms with van der Waals surface area (Å²) in [6.45, 7) is 8.35. The number of carbonyl (C=O) groups is 1. The molecule has 0 spiro atoms. The molecule has 0 saturated heterocycles. The van der Waals surface area contributed by atoms with Crippen molar-refractivity contribution in [3.8, 4) is 16.9 Å². The lowest BCUT2D eigenvalue weighted by Gasteiger charge is -2.21. The highest BCUT2D eigenvalue weighted by Crippen LogP contribution is 2.31. The van der Waals surface area contributed by atoms with Crippen LogP contribution in [0.2, 0.25) is 0 Å². The summed E-state index contributed by atoms with van der Waals surface area (Å²) in [7, 11) is 1.59. The van der Waals surface area contributed by atoms with Crippen LogP contribution in [-0.2, 0) is 5.41 Å². The molecule has 5 heteroatoms. The Balaban J connectivity index is 1.72. The second-order valence-corrected chi connectivity index (χ2v) is 8.01. The van der Waals surface area contributed by atoms with Crippen molar-refractivity contribution in [3.63, 3.8) is 0 Å². The van der Waals surface area contributed by atoms with Crippen LogP contribution in [0.3, 0.4) is 0 Å². The first-order valence-corrected chi connectivity index (χ1v) is 9.56. The number of aromatic nitrogens is 1. The molecule has 3 rings (SSSR count). The van der Waals surface area contributed by atoms with Gasteiger partial charge >= 0.3 is 6.03 Å². The third kappa shape index (κ3) is 5.13. The van der Waals surface area contributed by atoms with Gasteiger partial charge in [-0.15, -0.1) is 0 Å². The molecule has 0 bridgehead atoms. The van der Waals surface area contributed by atoms with Gasteiger partial charge in [-0.25, -0.2) is 4.79 Å². The minimum Gasteiger partial charge on any atom is -0.495 e. The maximum absolute atomic E-state index is 12.5. The van der Waals surface area contributed by atoms with Crippen molar-refractivity contribution in [1.29, 1.82) is 0 Å². The van der Waals surface area contributed by atoms with E-state index < -0.39 is 0 Å². The first kappa shape index (κ1) is 20.4. The van der Waals surface area contributed by atoms with E-state index in [-0.39, 0.29) is 11.4 Å². The molecule has 1 heterocycles. The fraction of sp³-hybridized carbons (Fsp3) is 0.250. The molecular formula is C24H27N3O2. The smallest absolute Gasteiger partial charge is 0.323 e. The zero-order valence-electron chi connectivity index (χ0n) is 17.5. The molecule has 0 fully saturated rings. The highest BCUT2D eigenvalue weighted by Gasteiger charge is 2.17. The molecule has 0 aliphatic carbocycles. The van der Waals surface area contributed by atoms with Crippen molar-refractivity contribution < 1.29 is 9.53 Å². The van der Waals surface area contributed by atoms with E-state index >= 15 is 0 Å². The number of ether oxygens (including phenoxy) is 1. The second kappa shape index (κ2) is 8.35. The summed E-state index contributed by atoms with van der Waals surface area (Å²) in [4.78, 5) is 16.7. The molecule has 0 aliphatic rings. The number of carbonyl (C=O) groups excluding carboxylic acids is 1. The Morgan fingerprint density at radius 3 is 2.28 bits per heavy atom. The van der Waals surface area contributed by atoms with Gasteiger partial charge in [0.05, 0.1) is 12.8 Å². The largest absolute Gasteiger partial charge is 0.495 e. The van der Waals surface area contributed by atoms with Gasteiger partial charge in [-0.05, 0) is 65.4 Å². The molecule has 150 valence electrons. The standard InChI is InChI=1S/C24H27N3O2/c1-16-14-18(12-13-25-16)17-6-9-20(10-7-17)26-23(28)27-21-15-19(24(2,3)4)8-11-22(21)29-5/h6-15H,1-5H3,(H2,26,27,28). The number of nitrogens with one attached hydrogen (secondary N) is 2. The Morgan fingerprint density at radius 1 is 0.931 bits per heavy atom. The highest BCUT2D eigenvalue weighted by atomic mass is 16.5. The van der Waals surface area contributed by atoms with Crippen LogP contribution < -0.4 is 15.4 Å². The molecule has 2 N–H and O–H groups in total. The van der Waals surface area contributed by atoms with Crippen LogP contribution in [0.4, 0.5) is 16.2 Å². The molecule has 1 aromatic heterocycles. The van der Waals surface area contributed by atoms with E-state index in [2.05, 4.69) is 36.4 Å². The number of amides is 2. The Hall–Kier alpha value is -3.34. The van der Waals surface area contributed by atoms with Crippen molar-refractivity contribution >= 4 is 17.4 Å². The average molecular weight is 389 g/mol. The van der Waals surface area contributed by atoms with E-state index in [9.17, 15) is 4.79 Å². The number of aryl methyl sites for hydroxylation is 1. The minimum atomic E-state index is -0.318. The van der Waals surface area contributed by atoms with Gasteiger partial charge in [-0.1, -0.05) is 39.0 Å². The van der Waals surface area contributed by atoms with E-state index in [4.69, 9.17) is 4.74 Å². The number of hydrogen-bond acceptors (Lipinski definition) is 3. The topological polar surface area (TPSA) is 63.2 Å². The number of rotatable bonds is 4. The molecule has 0 radical (unpaired) electrons. The molecule has 2 amide bonds. The molecule has 29 heavy (non-hydrogen) atoms. The third-order valence-electron chi connectivity index (χ3n) is 4.69. The van der Waals surface area contributed by atoms with Gasteiger partial charge < -0.3 is 15.4 Å². The normalized spacial score (nSPS) is 11.1. The van der Waals surface area contributed by atoms with Crippen molar-refractivity contribution in [3.05, 3.63) is 72.1 Å². The number of pyridine rings is 1. The summed E-state index contributed by atoms with van der Waals surface area (Å²) in [5, 5.41) is 5.76. The molecule has 2 aromatic carbocycles. The van der Waals surface area contributed by atoms with E-state index in [1.54, 1.807) is 13.3 Å². The lowest BCUT2D eigenvalue weighted by molar-refractivity contribution is 0.262. The summed E-state index contributed by atoms with van der Waals surface area (Å²) >= 11 is 0. The van der Waals surface area contributed by atoms with Crippen LogP contribution >= 0.6 is 0 Å². The quantitative estimate of drug-likeness (QED) is 0.574. The van der Waals surface area contributed by atoms with Gasteiger partial charge in [-0.2, -0.15) is 0 Å². The van der Waals surface area contributed by atoms with Crippen LogP contribution in [0.15, 0.2) is 60.8 Å². The van der Waals surface area contributed by atoms with E-state index in [0.717, 1.165) is 22.4 Å². The minimum absolute atomic E-state index is 0.0275. The number of methoxy groups -OCH3 is 1. The van der Waals surface area contributed by atoms with Gasteiger partial charge in [0, 0.05) is 17.6 Å². The van der Waals surface area contributed by atoms with Crippen LogP contribution in [0.25, 0.3) is 11.1 Å². The maximum atomic E-state index is 12.5. The maximum Gasteiger partial charge on any atom is 0.323 e. The van der Waals surface area contributed by atoms with Gasteiger partial charge in [-0.3, -0.25) is 4.98 Å². The van der Waals surface area contributed by atoms with E-state index in [0.29, 0.717) is 17.1 Å². The molecule has 0 unspecified atom stereocenters. The Labute approximate surface area is 172 Å². The van der Waals surface area contributed by atoms with Crippen molar-refractivity contribution in [1.82, 2.24) is 4.98 Å². The molecular weight excluding hydrogens is 362 g/mol. The number of hydrogen-bond donors (Lipinski definition) is 2. The Kier molecular flexibility index (Phi) is 5.87. The highest BCUT2D eigenvalue weighted by molar-refractivity contribution is 6.00. The predicted octanol–water partition coefficient (Wildman–Crippen LogP) is 6.01. The zero-order valence-corrected chi connectivity index (χ0v) is 17.5. The first-order chi connectivity index (χ1) is 13.8. The molecule has 5 nitrogen and oxygen atoms in total. The lowest BCUT2D eigenvalue weighted by atomic mass is 9.87. The van der Waals surface area contributed by atoms with Crippen molar-refractivity contribution in [2.45, 2.75) is 33.1 Å². The van der Waals surface area contributed by atoms with Gasteiger partial charge in [0.1, 0.15) is 5.75 Å². The van der Waals surface area contributed by atoms with Gasteiger partial charge in [0.2, 0.25) is 0 Å². The molecule has 0 saturated carbocycles. The van der Waals surface area contributed by atoms with Crippen LogP contribution in [0.5, 0.6) is 5.75 Å². The second-order valence-electron chi connectivity index (χ2n) is 8.01. The Bertz CT molecular complexity index is 1010. The van der Waals surface area contributed by atoms with Crippen LogP contribution in [0, 0.1) is 6.92 Å². The van der Waals surface area contributed by atoms with Crippen molar-refractivity contribution in [2.75, 3.05) is 17.7 Å². The zero-order chi connectivity index (χ0) is 21.0. The molecule has 0 atom stereocenters. The molecule has 3 aromatic rings. The Morgan fingerprint density at radius 2 is 1.66 bits per heavy atom.